The molecule has 202 valence electrons. The lowest BCUT2D eigenvalue weighted by Crippen LogP contribution is -2.30. The maximum absolute atomic E-state index is 11.5. The van der Waals surface area contributed by atoms with Gasteiger partial charge >= 0.3 is 5.97 Å². The minimum absolute atomic E-state index is 0.355. The Morgan fingerprint density at radius 3 is 2.13 bits per heavy atom. The Morgan fingerprint density at radius 1 is 0.795 bits per heavy atom. The molecule has 0 spiro atoms. The van der Waals surface area contributed by atoms with E-state index in [1.807, 2.05) is 12.1 Å². The number of carboxylic acid groups (broad SMARTS) is 1. The lowest BCUT2D eigenvalue weighted by atomic mass is 9.94. The van der Waals surface area contributed by atoms with Crippen molar-refractivity contribution in [3.8, 4) is 11.1 Å². The van der Waals surface area contributed by atoms with E-state index in [4.69, 9.17) is 0 Å². The van der Waals surface area contributed by atoms with Gasteiger partial charge in [0.1, 0.15) is 0 Å². The van der Waals surface area contributed by atoms with Crippen LogP contribution in [0.25, 0.3) is 11.1 Å². The van der Waals surface area contributed by atoms with Crippen LogP contribution in [0.1, 0.15) is 73.5 Å². The number of carbonyl (C=O) groups is 1. The van der Waals surface area contributed by atoms with Gasteiger partial charge in [-0.3, -0.25) is 0 Å². The number of rotatable bonds is 12. The van der Waals surface area contributed by atoms with Crippen molar-refractivity contribution < 1.29 is 9.90 Å². The third-order valence-electron chi connectivity index (χ3n) is 7.38. The first-order valence-electron chi connectivity index (χ1n) is 13.9. The Labute approximate surface area is 237 Å². The first-order chi connectivity index (χ1) is 18.9. The van der Waals surface area contributed by atoms with E-state index < -0.39 is 5.97 Å². The second-order valence-corrected chi connectivity index (χ2v) is 11.3. The van der Waals surface area contributed by atoms with Crippen LogP contribution in [0.5, 0.6) is 0 Å². The smallest absolute Gasteiger partial charge is 0.336 e. The summed E-state index contributed by atoms with van der Waals surface area (Å²) in [5, 5.41) is 9.43. The largest absolute Gasteiger partial charge is 0.478 e. The standard InChI is InChI=1S/C35H39NO2S/c1-5-28(6-2)29-18-20-32(21-19-29)36(25(3)4)23-27-10-9-11-31(22-27)30-16-14-26(15-17-30)24-39-34-13-8-7-12-33(34)35(37)38/h7-22,25,28H,5-6,23-24H2,1-4H3,(H,37,38). The summed E-state index contributed by atoms with van der Waals surface area (Å²) in [6, 6.07) is 34.1. The zero-order valence-corrected chi connectivity index (χ0v) is 24.2. The molecule has 4 heteroatoms. The quantitative estimate of drug-likeness (QED) is 0.183. The molecule has 0 radical (unpaired) electrons. The number of hydrogen-bond acceptors (Lipinski definition) is 3. The van der Waals surface area contributed by atoms with Gasteiger partial charge in [-0.25, -0.2) is 4.79 Å². The monoisotopic (exact) mass is 537 g/mol. The molecule has 0 saturated heterocycles. The summed E-state index contributed by atoms with van der Waals surface area (Å²) >= 11 is 1.56. The fraction of sp³-hybridized carbons (Fsp3) is 0.286. The lowest BCUT2D eigenvalue weighted by molar-refractivity contribution is 0.0693. The molecule has 0 atom stereocenters. The van der Waals surface area contributed by atoms with Crippen molar-refractivity contribution in [2.24, 2.45) is 0 Å². The molecule has 0 aromatic heterocycles. The number of carboxylic acids is 1. The first-order valence-corrected chi connectivity index (χ1v) is 14.9. The zero-order chi connectivity index (χ0) is 27.8. The summed E-state index contributed by atoms with van der Waals surface area (Å²) in [7, 11) is 0. The van der Waals surface area contributed by atoms with Crippen molar-refractivity contribution >= 4 is 23.4 Å². The molecule has 0 amide bonds. The Bertz CT molecular complexity index is 1360. The summed E-state index contributed by atoms with van der Waals surface area (Å²) < 4.78 is 0. The van der Waals surface area contributed by atoms with Gasteiger partial charge in [0.05, 0.1) is 5.56 Å². The topological polar surface area (TPSA) is 40.5 Å². The maximum Gasteiger partial charge on any atom is 0.336 e. The van der Waals surface area contributed by atoms with Crippen molar-refractivity contribution in [3.05, 3.63) is 119 Å². The van der Waals surface area contributed by atoms with E-state index in [0.717, 1.165) is 17.2 Å². The zero-order valence-electron chi connectivity index (χ0n) is 23.4. The number of thioether (sulfide) groups is 1. The second kappa shape index (κ2) is 13.5. The van der Waals surface area contributed by atoms with E-state index in [1.54, 1.807) is 23.9 Å². The molecule has 4 aromatic carbocycles. The predicted molar refractivity (Wildman–Crippen MR) is 166 cm³/mol. The molecule has 0 saturated carbocycles. The molecule has 0 unspecified atom stereocenters. The molecule has 0 heterocycles. The molecule has 0 aliphatic heterocycles. The van der Waals surface area contributed by atoms with Gasteiger partial charge in [-0.1, -0.05) is 80.6 Å². The first kappa shape index (κ1) is 28.5. The second-order valence-electron chi connectivity index (χ2n) is 10.3. The third kappa shape index (κ3) is 7.33. The highest BCUT2D eigenvalue weighted by Crippen LogP contribution is 2.30. The summed E-state index contributed by atoms with van der Waals surface area (Å²) in [4.78, 5) is 14.7. The number of hydrogen-bond donors (Lipinski definition) is 1. The average molecular weight is 538 g/mol. The van der Waals surface area contributed by atoms with Crippen LogP contribution in [-0.2, 0) is 12.3 Å². The highest BCUT2D eigenvalue weighted by molar-refractivity contribution is 7.98. The van der Waals surface area contributed by atoms with Gasteiger partial charge in [0.15, 0.2) is 0 Å². The maximum atomic E-state index is 11.5. The summed E-state index contributed by atoms with van der Waals surface area (Å²) in [5.74, 6) is 0.473. The average Bonchev–Trinajstić information content (AvgIpc) is 2.96. The summed E-state index contributed by atoms with van der Waals surface area (Å²) in [5.41, 5.74) is 7.89. The van der Waals surface area contributed by atoms with Crippen LogP contribution < -0.4 is 4.90 Å². The van der Waals surface area contributed by atoms with E-state index in [0.29, 0.717) is 17.5 Å². The molecule has 1 N–H and O–H groups in total. The van der Waals surface area contributed by atoms with Gasteiger partial charge in [-0.2, -0.15) is 0 Å². The van der Waals surface area contributed by atoms with E-state index in [2.05, 4.69) is 105 Å². The number of anilines is 1. The van der Waals surface area contributed by atoms with Crippen molar-refractivity contribution in [1.29, 1.82) is 0 Å². The van der Waals surface area contributed by atoms with Crippen molar-refractivity contribution in [2.75, 3.05) is 4.90 Å². The van der Waals surface area contributed by atoms with Crippen molar-refractivity contribution in [1.82, 2.24) is 0 Å². The molecule has 4 rings (SSSR count). The van der Waals surface area contributed by atoms with E-state index in [1.165, 1.54) is 46.3 Å². The summed E-state index contributed by atoms with van der Waals surface area (Å²) in [6.45, 7) is 9.90. The minimum Gasteiger partial charge on any atom is -0.478 e. The van der Waals surface area contributed by atoms with Crippen molar-refractivity contribution in [3.63, 3.8) is 0 Å². The van der Waals surface area contributed by atoms with Crippen LogP contribution in [0.15, 0.2) is 102 Å². The molecule has 0 aliphatic rings. The van der Waals surface area contributed by atoms with Crippen LogP contribution in [-0.4, -0.2) is 17.1 Å². The molecular weight excluding hydrogens is 498 g/mol. The van der Waals surface area contributed by atoms with Gasteiger partial charge in [-0.15, -0.1) is 11.8 Å². The van der Waals surface area contributed by atoms with E-state index in [9.17, 15) is 9.90 Å². The highest BCUT2D eigenvalue weighted by Gasteiger charge is 2.14. The van der Waals surface area contributed by atoms with Gasteiger partial charge in [0.2, 0.25) is 0 Å². The van der Waals surface area contributed by atoms with Gasteiger partial charge in [0, 0.05) is 28.9 Å². The van der Waals surface area contributed by atoms with Gasteiger partial charge < -0.3 is 10.0 Å². The van der Waals surface area contributed by atoms with Crippen LogP contribution in [0.2, 0.25) is 0 Å². The van der Waals surface area contributed by atoms with Crippen LogP contribution >= 0.6 is 11.8 Å². The fourth-order valence-electron chi connectivity index (χ4n) is 5.04. The van der Waals surface area contributed by atoms with Crippen LogP contribution in [0.3, 0.4) is 0 Å². The predicted octanol–water partition coefficient (Wildman–Crippen LogP) is 9.66. The Hall–Kier alpha value is -3.50. The van der Waals surface area contributed by atoms with Crippen LogP contribution in [0, 0.1) is 0 Å². The number of nitrogens with zero attached hydrogens (tertiary/aromatic N) is 1. The lowest BCUT2D eigenvalue weighted by Gasteiger charge is -2.30. The van der Waals surface area contributed by atoms with Gasteiger partial charge in [-0.05, 0) is 90.8 Å². The Balaban J connectivity index is 1.45. The Kier molecular flexibility index (Phi) is 9.89. The fourth-order valence-corrected chi connectivity index (χ4v) is 6.04. The van der Waals surface area contributed by atoms with E-state index >= 15 is 0 Å². The SMILES string of the molecule is CCC(CC)c1ccc(N(Cc2cccc(-c3ccc(CSc4ccccc4C(=O)O)cc3)c2)C(C)C)cc1. The minimum atomic E-state index is -0.886. The van der Waals surface area contributed by atoms with Crippen LogP contribution in [0.4, 0.5) is 5.69 Å². The molecule has 0 aliphatic carbocycles. The van der Waals surface area contributed by atoms with E-state index in [-0.39, 0.29) is 0 Å². The molecular formula is C35H39NO2S. The Morgan fingerprint density at radius 2 is 1.49 bits per heavy atom. The summed E-state index contributed by atoms with van der Waals surface area (Å²) in [6.07, 6.45) is 2.35. The van der Waals surface area contributed by atoms with Gasteiger partial charge in [0.25, 0.3) is 0 Å². The molecule has 3 nitrogen and oxygen atoms in total. The number of benzene rings is 4. The molecule has 39 heavy (non-hydrogen) atoms. The molecule has 0 bridgehead atoms. The normalized spacial score (nSPS) is 11.2. The highest BCUT2D eigenvalue weighted by atomic mass is 32.2. The molecule has 0 fully saturated rings. The number of aromatic carboxylic acids is 1. The third-order valence-corrected chi connectivity index (χ3v) is 8.53. The molecule has 4 aromatic rings. The van der Waals surface area contributed by atoms with Crippen molar-refractivity contribution in [2.45, 2.75) is 69.7 Å².